The number of hydrogen-bond acceptors (Lipinski definition) is 6. The van der Waals surface area contributed by atoms with Gasteiger partial charge in [-0.2, -0.15) is 8.42 Å². The lowest BCUT2D eigenvalue weighted by atomic mass is 9.50. The second-order valence-corrected chi connectivity index (χ2v) is 11.2. The van der Waals surface area contributed by atoms with Crippen molar-refractivity contribution >= 4 is 22.1 Å². The van der Waals surface area contributed by atoms with Gasteiger partial charge in [0.1, 0.15) is 6.10 Å². The normalized spacial score (nSPS) is 39.7. The van der Waals surface area contributed by atoms with E-state index in [1.165, 1.54) is 38.5 Å². The van der Waals surface area contributed by atoms with E-state index in [0.717, 1.165) is 17.8 Å². The van der Waals surface area contributed by atoms with E-state index in [4.69, 9.17) is 14.0 Å². The maximum atomic E-state index is 13.3. The van der Waals surface area contributed by atoms with Crippen molar-refractivity contribution in [3.8, 4) is 0 Å². The molecule has 5 fully saturated rings. The summed E-state index contributed by atoms with van der Waals surface area (Å²) in [5, 5.41) is 0. The molecule has 164 valence electrons. The fraction of sp³-hybridized carbons (Fsp3) is 0.900. The van der Waals surface area contributed by atoms with Gasteiger partial charge in [0.25, 0.3) is 0 Å². The SMILES string of the molecule is O=C(OCC12CC3CC(CC(C3)C1)C2)C1CCC(OC(=O)C(F)S(=O)(=O)O)CC1. The minimum atomic E-state index is -5.12. The molecule has 0 heterocycles. The van der Waals surface area contributed by atoms with Crippen LogP contribution in [0, 0.1) is 29.1 Å². The molecule has 0 spiro atoms. The third-order valence-corrected chi connectivity index (χ3v) is 8.14. The molecule has 0 aliphatic heterocycles. The number of carbonyl (C=O) groups is 2. The van der Waals surface area contributed by atoms with Crippen LogP contribution in [0.4, 0.5) is 4.39 Å². The molecular weight excluding hydrogens is 403 g/mol. The quantitative estimate of drug-likeness (QED) is 0.508. The van der Waals surface area contributed by atoms with Gasteiger partial charge in [0.2, 0.25) is 0 Å². The Bertz CT molecular complexity index is 722. The molecule has 0 aromatic heterocycles. The van der Waals surface area contributed by atoms with Crippen LogP contribution in [0.5, 0.6) is 0 Å². The Balaban J connectivity index is 1.22. The summed E-state index contributed by atoms with van der Waals surface area (Å²) in [7, 11) is -5.12. The van der Waals surface area contributed by atoms with E-state index in [9.17, 15) is 22.4 Å². The molecule has 1 N–H and O–H groups in total. The molecule has 0 aromatic carbocycles. The van der Waals surface area contributed by atoms with E-state index in [-0.39, 0.29) is 17.3 Å². The van der Waals surface area contributed by atoms with E-state index in [0.29, 0.717) is 32.3 Å². The first-order valence-corrected chi connectivity index (χ1v) is 12.1. The fourth-order valence-corrected chi connectivity index (χ4v) is 6.86. The third-order valence-electron chi connectivity index (χ3n) is 7.42. The Morgan fingerprint density at radius 1 is 1.00 bits per heavy atom. The van der Waals surface area contributed by atoms with Crippen LogP contribution in [0.2, 0.25) is 0 Å². The van der Waals surface area contributed by atoms with Crippen LogP contribution in [0.1, 0.15) is 64.2 Å². The molecule has 0 aromatic rings. The fourth-order valence-electron chi connectivity index (χ4n) is 6.56. The van der Waals surface area contributed by atoms with E-state index in [1.54, 1.807) is 0 Å². The van der Waals surface area contributed by atoms with Crippen molar-refractivity contribution in [3.63, 3.8) is 0 Å². The maximum Gasteiger partial charge on any atom is 0.359 e. The zero-order valence-corrected chi connectivity index (χ0v) is 17.2. The molecule has 0 saturated heterocycles. The van der Waals surface area contributed by atoms with Crippen LogP contribution in [0.3, 0.4) is 0 Å². The summed E-state index contributed by atoms with van der Waals surface area (Å²) >= 11 is 0. The highest BCUT2D eigenvalue weighted by Crippen LogP contribution is 2.60. The van der Waals surface area contributed by atoms with Crippen molar-refractivity contribution < 1.29 is 36.4 Å². The van der Waals surface area contributed by atoms with Crippen molar-refractivity contribution in [1.29, 1.82) is 0 Å². The predicted molar refractivity (Wildman–Crippen MR) is 99.8 cm³/mol. The summed E-state index contributed by atoms with van der Waals surface area (Å²) in [5.74, 6) is 0.292. The largest absolute Gasteiger partial charge is 0.465 e. The van der Waals surface area contributed by atoms with Crippen LogP contribution in [0.25, 0.3) is 0 Å². The summed E-state index contributed by atoms with van der Waals surface area (Å²) in [6.07, 6.45) is 8.44. The molecule has 29 heavy (non-hydrogen) atoms. The molecule has 4 bridgehead atoms. The molecule has 0 amide bonds. The van der Waals surface area contributed by atoms with Gasteiger partial charge in [-0.15, -0.1) is 0 Å². The van der Waals surface area contributed by atoms with Gasteiger partial charge in [0.15, 0.2) is 0 Å². The summed E-state index contributed by atoms with van der Waals surface area (Å²) < 4.78 is 53.8. The molecule has 9 heteroatoms. The first-order valence-electron chi connectivity index (χ1n) is 10.6. The van der Waals surface area contributed by atoms with Gasteiger partial charge in [-0.3, -0.25) is 9.35 Å². The van der Waals surface area contributed by atoms with E-state index >= 15 is 0 Å². The molecule has 0 radical (unpaired) electrons. The second kappa shape index (κ2) is 7.80. The Labute approximate surface area is 170 Å². The number of hydrogen-bond donors (Lipinski definition) is 1. The number of ether oxygens (including phenoxy) is 2. The topological polar surface area (TPSA) is 107 Å². The highest BCUT2D eigenvalue weighted by molar-refractivity contribution is 7.87. The summed E-state index contributed by atoms with van der Waals surface area (Å²) in [5.41, 5.74) is -2.92. The van der Waals surface area contributed by atoms with E-state index in [1.807, 2.05) is 0 Å². The van der Waals surface area contributed by atoms with Crippen LogP contribution in [0.15, 0.2) is 0 Å². The van der Waals surface area contributed by atoms with Gasteiger partial charge in [-0.1, -0.05) is 0 Å². The first-order chi connectivity index (χ1) is 13.6. The molecule has 5 rings (SSSR count). The Morgan fingerprint density at radius 3 is 2.00 bits per heavy atom. The van der Waals surface area contributed by atoms with Crippen LogP contribution in [-0.2, 0) is 29.2 Å². The molecule has 5 saturated carbocycles. The minimum Gasteiger partial charge on any atom is -0.465 e. The highest BCUT2D eigenvalue weighted by Gasteiger charge is 2.51. The van der Waals surface area contributed by atoms with Crippen molar-refractivity contribution in [2.75, 3.05) is 6.61 Å². The minimum absolute atomic E-state index is 0.170. The summed E-state index contributed by atoms with van der Waals surface area (Å²) in [6.45, 7) is 0.502. The summed E-state index contributed by atoms with van der Waals surface area (Å²) in [6, 6.07) is 0. The Kier molecular flexibility index (Phi) is 5.65. The molecule has 1 atom stereocenters. The predicted octanol–water partition coefficient (Wildman–Crippen LogP) is 3.03. The van der Waals surface area contributed by atoms with Crippen LogP contribution in [-0.4, -0.2) is 43.1 Å². The number of esters is 2. The van der Waals surface area contributed by atoms with Crippen LogP contribution >= 0.6 is 0 Å². The zero-order valence-electron chi connectivity index (χ0n) is 16.4. The van der Waals surface area contributed by atoms with E-state index in [2.05, 4.69) is 0 Å². The Morgan fingerprint density at radius 2 is 1.52 bits per heavy atom. The monoisotopic (exact) mass is 432 g/mol. The van der Waals surface area contributed by atoms with Gasteiger partial charge in [0.05, 0.1) is 12.5 Å². The third kappa shape index (κ3) is 4.60. The van der Waals surface area contributed by atoms with Crippen molar-refractivity contribution in [1.82, 2.24) is 0 Å². The second-order valence-electron chi connectivity index (χ2n) is 9.77. The van der Waals surface area contributed by atoms with Gasteiger partial charge >= 0.3 is 27.6 Å². The van der Waals surface area contributed by atoms with E-state index < -0.39 is 27.7 Å². The summed E-state index contributed by atoms with van der Waals surface area (Å²) in [4.78, 5) is 24.0. The number of carbonyl (C=O) groups excluding carboxylic acids is 2. The highest BCUT2D eigenvalue weighted by atomic mass is 32.2. The zero-order chi connectivity index (χ0) is 20.8. The van der Waals surface area contributed by atoms with Crippen molar-refractivity contribution in [3.05, 3.63) is 0 Å². The standard InChI is InChI=1S/C20H29FO7S/c21-17(29(24,25)26)19(23)28-16-3-1-15(2-4-16)18(22)27-11-20-8-12-5-13(9-20)7-14(6-12)10-20/h12-17H,1-11H2,(H,24,25,26). The van der Waals surface area contributed by atoms with Crippen LogP contribution < -0.4 is 0 Å². The maximum absolute atomic E-state index is 13.3. The lowest BCUT2D eigenvalue weighted by Crippen LogP contribution is -2.48. The van der Waals surface area contributed by atoms with Gasteiger partial charge in [0, 0.05) is 5.41 Å². The molecule has 1 unspecified atom stereocenters. The van der Waals surface area contributed by atoms with Gasteiger partial charge in [-0.05, 0) is 82.0 Å². The van der Waals surface area contributed by atoms with Gasteiger partial charge < -0.3 is 9.47 Å². The molecule has 7 nitrogen and oxygen atoms in total. The van der Waals surface area contributed by atoms with Gasteiger partial charge in [-0.25, -0.2) is 9.18 Å². The lowest BCUT2D eigenvalue weighted by Gasteiger charge is -2.56. The average molecular weight is 433 g/mol. The van der Waals surface area contributed by atoms with Crippen molar-refractivity contribution in [2.45, 2.75) is 75.8 Å². The number of halogens is 1. The first kappa shape index (κ1) is 21.0. The number of alkyl halides is 1. The molecule has 5 aliphatic carbocycles. The molecule has 5 aliphatic rings. The molecular formula is C20H29FO7S. The lowest BCUT2D eigenvalue weighted by molar-refractivity contribution is -0.163. The number of rotatable bonds is 6. The van der Waals surface area contributed by atoms with Crippen molar-refractivity contribution in [2.24, 2.45) is 29.1 Å². The Hall–Kier alpha value is -1.22. The smallest absolute Gasteiger partial charge is 0.359 e. The average Bonchev–Trinajstić information content (AvgIpc) is 2.64.